The molecule has 3 nitrogen and oxygen atoms in total. The van der Waals surface area contributed by atoms with E-state index in [0.29, 0.717) is 12.3 Å². The molecule has 1 saturated heterocycles. The number of hydrogen-bond donors (Lipinski definition) is 1. The third-order valence-electron chi connectivity index (χ3n) is 6.52. The lowest BCUT2D eigenvalue weighted by Crippen LogP contribution is -2.28. The van der Waals surface area contributed by atoms with Gasteiger partial charge in [-0.15, -0.1) is 0 Å². The van der Waals surface area contributed by atoms with Crippen molar-refractivity contribution in [1.29, 1.82) is 0 Å². The van der Waals surface area contributed by atoms with Crippen molar-refractivity contribution in [3.8, 4) is 0 Å². The minimum atomic E-state index is 0.292. The Hall–Kier alpha value is -1.35. The summed E-state index contributed by atoms with van der Waals surface area (Å²) in [7, 11) is 0. The fraction of sp³-hybridized carbons (Fsp3) is 0.682. The molecule has 2 aliphatic heterocycles. The van der Waals surface area contributed by atoms with Crippen molar-refractivity contribution in [1.82, 2.24) is 5.32 Å². The molecule has 1 aliphatic carbocycles. The van der Waals surface area contributed by atoms with Crippen molar-refractivity contribution in [2.45, 2.75) is 64.2 Å². The second-order valence-corrected chi connectivity index (χ2v) is 8.31. The Labute approximate surface area is 152 Å². The van der Waals surface area contributed by atoms with Gasteiger partial charge in [-0.2, -0.15) is 0 Å². The number of hydrogen-bond acceptors (Lipinski definition) is 2. The summed E-state index contributed by atoms with van der Waals surface area (Å²) >= 11 is 0. The first-order valence-electron chi connectivity index (χ1n) is 10.4. The summed E-state index contributed by atoms with van der Waals surface area (Å²) in [5.74, 6) is 2.94. The summed E-state index contributed by atoms with van der Waals surface area (Å²) < 4.78 is 0. The quantitative estimate of drug-likeness (QED) is 0.839. The standard InChI is InChI=1S/C22H32N2O/c1-2-3-22(25)24-13-10-19-14-17(6-7-21(19)24)20-15-18(20)5-4-16-8-11-23-12-9-16/h6-7,14,16,18,20,23H,2-5,8-13,15H2,1H3. The van der Waals surface area contributed by atoms with Crippen molar-refractivity contribution in [2.75, 3.05) is 24.5 Å². The van der Waals surface area contributed by atoms with E-state index in [1.807, 2.05) is 4.90 Å². The topological polar surface area (TPSA) is 32.3 Å². The lowest BCUT2D eigenvalue weighted by Gasteiger charge is -2.22. The highest BCUT2D eigenvalue weighted by molar-refractivity contribution is 5.95. The molecule has 1 amide bonds. The average molecular weight is 341 g/mol. The minimum Gasteiger partial charge on any atom is -0.317 e. The summed E-state index contributed by atoms with van der Waals surface area (Å²) in [6, 6.07) is 6.92. The maximum atomic E-state index is 12.2. The number of amides is 1. The summed E-state index contributed by atoms with van der Waals surface area (Å²) in [4.78, 5) is 14.3. The first kappa shape index (κ1) is 17.1. The number of fused-ring (bicyclic) bond motifs is 1. The van der Waals surface area contributed by atoms with E-state index in [-0.39, 0.29) is 0 Å². The molecule has 2 unspecified atom stereocenters. The third-order valence-corrected chi connectivity index (χ3v) is 6.52. The van der Waals surface area contributed by atoms with E-state index < -0.39 is 0 Å². The van der Waals surface area contributed by atoms with E-state index in [2.05, 4.69) is 30.4 Å². The fourth-order valence-electron chi connectivity index (χ4n) is 4.86. The highest BCUT2D eigenvalue weighted by Crippen LogP contribution is 2.51. The lowest BCUT2D eigenvalue weighted by atomic mass is 9.91. The first-order valence-corrected chi connectivity index (χ1v) is 10.4. The number of rotatable bonds is 6. The molecule has 1 N–H and O–H groups in total. The maximum absolute atomic E-state index is 12.2. The van der Waals surface area contributed by atoms with E-state index in [1.54, 1.807) is 0 Å². The van der Waals surface area contributed by atoms with Gasteiger partial charge in [0.15, 0.2) is 0 Å². The molecular formula is C22H32N2O. The smallest absolute Gasteiger partial charge is 0.226 e. The highest BCUT2D eigenvalue weighted by atomic mass is 16.2. The second kappa shape index (κ2) is 7.49. The number of benzene rings is 1. The zero-order chi connectivity index (χ0) is 17.2. The van der Waals surface area contributed by atoms with E-state index in [4.69, 9.17) is 0 Å². The maximum Gasteiger partial charge on any atom is 0.226 e. The van der Waals surface area contributed by atoms with Crippen LogP contribution in [0.25, 0.3) is 0 Å². The largest absolute Gasteiger partial charge is 0.317 e. The van der Waals surface area contributed by atoms with E-state index >= 15 is 0 Å². The van der Waals surface area contributed by atoms with Crippen molar-refractivity contribution >= 4 is 11.6 Å². The summed E-state index contributed by atoms with van der Waals surface area (Å²) in [6.45, 7) is 5.39. The van der Waals surface area contributed by atoms with Crippen LogP contribution >= 0.6 is 0 Å². The van der Waals surface area contributed by atoms with Crippen LogP contribution in [-0.2, 0) is 11.2 Å². The molecular weight excluding hydrogens is 308 g/mol. The molecule has 136 valence electrons. The monoisotopic (exact) mass is 340 g/mol. The molecule has 4 rings (SSSR count). The predicted molar refractivity (Wildman–Crippen MR) is 103 cm³/mol. The second-order valence-electron chi connectivity index (χ2n) is 8.31. The Morgan fingerprint density at radius 3 is 2.88 bits per heavy atom. The van der Waals surface area contributed by atoms with E-state index in [0.717, 1.165) is 37.1 Å². The minimum absolute atomic E-state index is 0.292. The van der Waals surface area contributed by atoms with Gasteiger partial charge in [0.1, 0.15) is 0 Å². The summed E-state index contributed by atoms with van der Waals surface area (Å²) in [5.41, 5.74) is 4.10. The van der Waals surface area contributed by atoms with Crippen LogP contribution in [0.15, 0.2) is 18.2 Å². The molecule has 2 heterocycles. The molecule has 2 atom stereocenters. The summed E-state index contributed by atoms with van der Waals surface area (Å²) in [5, 5.41) is 3.47. The van der Waals surface area contributed by atoms with Gasteiger partial charge in [-0.1, -0.05) is 25.5 Å². The lowest BCUT2D eigenvalue weighted by molar-refractivity contribution is -0.118. The van der Waals surface area contributed by atoms with Gasteiger partial charge in [-0.05, 0) is 86.6 Å². The number of nitrogens with one attached hydrogen (secondary N) is 1. The van der Waals surface area contributed by atoms with Crippen LogP contribution in [0.3, 0.4) is 0 Å². The Morgan fingerprint density at radius 1 is 1.24 bits per heavy atom. The van der Waals surface area contributed by atoms with E-state index in [1.165, 1.54) is 62.0 Å². The zero-order valence-electron chi connectivity index (χ0n) is 15.6. The Balaban J connectivity index is 1.33. The predicted octanol–water partition coefficient (Wildman–Crippen LogP) is 4.26. The molecule has 3 aliphatic rings. The van der Waals surface area contributed by atoms with Crippen molar-refractivity contribution < 1.29 is 4.79 Å². The van der Waals surface area contributed by atoms with Crippen LogP contribution < -0.4 is 10.2 Å². The van der Waals surface area contributed by atoms with Crippen LogP contribution in [0.2, 0.25) is 0 Å². The van der Waals surface area contributed by atoms with Crippen LogP contribution in [-0.4, -0.2) is 25.5 Å². The molecule has 1 saturated carbocycles. The fourth-order valence-corrected chi connectivity index (χ4v) is 4.86. The first-order chi connectivity index (χ1) is 12.3. The molecule has 3 heteroatoms. The normalized spacial score (nSPS) is 25.9. The number of carbonyl (C=O) groups excluding carboxylic acids is 1. The van der Waals surface area contributed by atoms with E-state index in [9.17, 15) is 4.79 Å². The van der Waals surface area contributed by atoms with Gasteiger partial charge in [-0.3, -0.25) is 4.79 Å². The third kappa shape index (κ3) is 3.76. The van der Waals surface area contributed by atoms with Crippen LogP contribution in [0.5, 0.6) is 0 Å². The Kier molecular flexibility index (Phi) is 5.12. The van der Waals surface area contributed by atoms with Crippen LogP contribution in [0.1, 0.15) is 68.9 Å². The van der Waals surface area contributed by atoms with Crippen molar-refractivity contribution in [2.24, 2.45) is 11.8 Å². The van der Waals surface area contributed by atoms with Crippen LogP contribution in [0, 0.1) is 11.8 Å². The molecule has 1 aromatic rings. The van der Waals surface area contributed by atoms with Gasteiger partial charge in [0, 0.05) is 18.7 Å². The SMILES string of the molecule is CCCC(=O)N1CCc2cc(C3CC3CCC3CCNCC3)ccc21. The zero-order valence-corrected chi connectivity index (χ0v) is 15.6. The average Bonchev–Trinajstić information content (AvgIpc) is 3.30. The van der Waals surface area contributed by atoms with Gasteiger partial charge >= 0.3 is 0 Å². The van der Waals surface area contributed by atoms with Gasteiger partial charge in [0.05, 0.1) is 0 Å². The number of nitrogens with zero attached hydrogens (tertiary/aromatic N) is 1. The van der Waals surface area contributed by atoms with Gasteiger partial charge < -0.3 is 10.2 Å². The Morgan fingerprint density at radius 2 is 2.08 bits per heavy atom. The molecule has 25 heavy (non-hydrogen) atoms. The number of piperidine rings is 1. The molecule has 0 spiro atoms. The van der Waals surface area contributed by atoms with Gasteiger partial charge in [-0.25, -0.2) is 0 Å². The molecule has 2 fully saturated rings. The van der Waals surface area contributed by atoms with Crippen molar-refractivity contribution in [3.63, 3.8) is 0 Å². The summed E-state index contributed by atoms with van der Waals surface area (Å²) in [6.07, 6.45) is 9.59. The molecule has 1 aromatic carbocycles. The number of carbonyl (C=O) groups is 1. The van der Waals surface area contributed by atoms with Gasteiger partial charge in [0.25, 0.3) is 0 Å². The number of anilines is 1. The highest BCUT2D eigenvalue weighted by Gasteiger charge is 2.38. The molecule has 0 aromatic heterocycles. The molecule has 0 radical (unpaired) electrons. The Bertz CT molecular complexity index is 620. The molecule has 0 bridgehead atoms. The van der Waals surface area contributed by atoms with Gasteiger partial charge in [0.2, 0.25) is 5.91 Å². The van der Waals surface area contributed by atoms with Crippen LogP contribution in [0.4, 0.5) is 5.69 Å². The van der Waals surface area contributed by atoms with Crippen molar-refractivity contribution in [3.05, 3.63) is 29.3 Å².